The van der Waals surface area contributed by atoms with E-state index < -0.39 is 0 Å². The summed E-state index contributed by atoms with van der Waals surface area (Å²) >= 11 is 0. The van der Waals surface area contributed by atoms with Gasteiger partial charge in [0.25, 0.3) is 0 Å². The first kappa shape index (κ1) is 10.5. The number of aromatic nitrogens is 1. The SMILES string of the molecule is Cc1cc(C)c(-c2c[nH]cc2C#N)c(C)c1. The minimum Gasteiger partial charge on any atom is -0.366 e. The quantitative estimate of drug-likeness (QED) is 0.769. The van der Waals surface area contributed by atoms with Crippen molar-refractivity contribution < 1.29 is 0 Å². The molecule has 1 aromatic carbocycles. The molecule has 0 unspecified atom stereocenters. The third-order valence-corrected chi connectivity index (χ3v) is 2.81. The fourth-order valence-corrected chi connectivity index (χ4v) is 2.27. The second-order valence-electron chi connectivity index (χ2n) is 4.17. The van der Waals surface area contributed by atoms with Gasteiger partial charge < -0.3 is 4.98 Å². The predicted octanol–water partition coefficient (Wildman–Crippen LogP) is 3.48. The minimum absolute atomic E-state index is 0.704. The Balaban J connectivity index is 2.70. The first-order valence-electron chi connectivity index (χ1n) is 5.28. The average molecular weight is 210 g/mol. The summed E-state index contributed by atoms with van der Waals surface area (Å²) in [5.41, 5.74) is 6.56. The fourth-order valence-electron chi connectivity index (χ4n) is 2.27. The molecule has 0 fully saturated rings. The van der Waals surface area contributed by atoms with Crippen LogP contribution in [-0.4, -0.2) is 4.98 Å². The van der Waals surface area contributed by atoms with Crippen molar-refractivity contribution in [1.82, 2.24) is 4.98 Å². The van der Waals surface area contributed by atoms with Gasteiger partial charge in [-0.2, -0.15) is 5.26 Å². The molecular weight excluding hydrogens is 196 g/mol. The minimum atomic E-state index is 0.704. The van der Waals surface area contributed by atoms with Crippen molar-refractivity contribution in [2.75, 3.05) is 0 Å². The normalized spacial score (nSPS) is 10.1. The van der Waals surface area contributed by atoms with Crippen LogP contribution >= 0.6 is 0 Å². The lowest BCUT2D eigenvalue weighted by molar-refractivity contribution is 1.32. The van der Waals surface area contributed by atoms with Crippen LogP contribution in [-0.2, 0) is 0 Å². The second kappa shape index (κ2) is 3.86. The summed E-state index contributed by atoms with van der Waals surface area (Å²) in [7, 11) is 0. The van der Waals surface area contributed by atoms with Gasteiger partial charge in [0.05, 0.1) is 5.56 Å². The highest BCUT2D eigenvalue weighted by Crippen LogP contribution is 2.30. The molecule has 80 valence electrons. The number of nitrogens with one attached hydrogen (secondary N) is 1. The lowest BCUT2D eigenvalue weighted by Crippen LogP contribution is -1.90. The maximum atomic E-state index is 9.04. The monoisotopic (exact) mass is 210 g/mol. The van der Waals surface area contributed by atoms with Gasteiger partial charge in [0, 0.05) is 18.0 Å². The highest BCUT2D eigenvalue weighted by Gasteiger charge is 2.11. The average Bonchev–Trinajstić information content (AvgIpc) is 2.64. The number of hydrogen-bond donors (Lipinski definition) is 1. The Morgan fingerprint density at radius 2 is 1.69 bits per heavy atom. The van der Waals surface area contributed by atoms with Crippen LogP contribution in [0.1, 0.15) is 22.3 Å². The molecule has 2 heteroatoms. The lowest BCUT2D eigenvalue weighted by Gasteiger charge is -2.10. The Bertz CT molecular complexity index is 548. The van der Waals surface area contributed by atoms with E-state index in [4.69, 9.17) is 5.26 Å². The van der Waals surface area contributed by atoms with Crippen molar-refractivity contribution in [2.45, 2.75) is 20.8 Å². The molecule has 0 aliphatic heterocycles. The molecular formula is C14H14N2. The number of benzene rings is 1. The zero-order valence-electron chi connectivity index (χ0n) is 9.76. The first-order valence-corrected chi connectivity index (χ1v) is 5.28. The maximum absolute atomic E-state index is 9.04. The molecule has 0 radical (unpaired) electrons. The van der Waals surface area contributed by atoms with Gasteiger partial charge in [0.2, 0.25) is 0 Å². The van der Waals surface area contributed by atoms with Crippen LogP contribution in [0.25, 0.3) is 11.1 Å². The Kier molecular flexibility index (Phi) is 2.54. The number of rotatable bonds is 1. The Morgan fingerprint density at radius 1 is 1.06 bits per heavy atom. The van der Waals surface area contributed by atoms with Crippen molar-refractivity contribution in [1.29, 1.82) is 5.26 Å². The van der Waals surface area contributed by atoms with Gasteiger partial charge in [-0.3, -0.25) is 0 Å². The van der Waals surface area contributed by atoms with Gasteiger partial charge >= 0.3 is 0 Å². The van der Waals surface area contributed by atoms with Crippen molar-refractivity contribution >= 4 is 0 Å². The van der Waals surface area contributed by atoms with Crippen LogP contribution in [0.15, 0.2) is 24.5 Å². The summed E-state index contributed by atoms with van der Waals surface area (Å²) in [6, 6.07) is 6.51. The molecule has 1 aromatic heterocycles. The Hall–Kier alpha value is -2.01. The van der Waals surface area contributed by atoms with E-state index in [2.05, 4.69) is 44.0 Å². The summed E-state index contributed by atoms with van der Waals surface area (Å²) in [6.45, 7) is 6.26. The Morgan fingerprint density at radius 3 is 2.25 bits per heavy atom. The molecule has 0 spiro atoms. The van der Waals surface area contributed by atoms with Crippen LogP contribution in [0.3, 0.4) is 0 Å². The number of nitrogens with zero attached hydrogens (tertiary/aromatic N) is 1. The Labute approximate surface area is 95.6 Å². The predicted molar refractivity (Wildman–Crippen MR) is 65.2 cm³/mol. The van der Waals surface area contributed by atoms with Gasteiger partial charge in [-0.05, 0) is 37.5 Å². The smallest absolute Gasteiger partial charge is 0.101 e. The van der Waals surface area contributed by atoms with E-state index in [1.165, 1.54) is 22.3 Å². The molecule has 1 heterocycles. The van der Waals surface area contributed by atoms with Gasteiger partial charge in [-0.15, -0.1) is 0 Å². The molecule has 16 heavy (non-hydrogen) atoms. The van der Waals surface area contributed by atoms with Gasteiger partial charge in [0.1, 0.15) is 6.07 Å². The molecule has 0 saturated heterocycles. The first-order chi connectivity index (χ1) is 7.63. The molecule has 0 aliphatic carbocycles. The van der Waals surface area contributed by atoms with E-state index >= 15 is 0 Å². The van der Waals surface area contributed by atoms with Crippen LogP contribution < -0.4 is 0 Å². The summed E-state index contributed by atoms with van der Waals surface area (Å²) in [4.78, 5) is 2.99. The third-order valence-electron chi connectivity index (χ3n) is 2.81. The van der Waals surface area contributed by atoms with Crippen LogP contribution in [0, 0.1) is 32.1 Å². The number of nitriles is 1. The number of H-pyrrole nitrogens is 1. The topological polar surface area (TPSA) is 39.6 Å². The molecule has 0 atom stereocenters. The molecule has 0 bridgehead atoms. The van der Waals surface area contributed by atoms with E-state index in [0.29, 0.717) is 5.56 Å². The van der Waals surface area contributed by atoms with Crippen LogP contribution in [0.5, 0.6) is 0 Å². The van der Waals surface area contributed by atoms with Crippen LogP contribution in [0.4, 0.5) is 0 Å². The van der Waals surface area contributed by atoms with Crippen molar-refractivity contribution in [3.8, 4) is 17.2 Å². The highest BCUT2D eigenvalue weighted by molar-refractivity contribution is 5.75. The maximum Gasteiger partial charge on any atom is 0.101 e. The molecule has 0 saturated carbocycles. The lowest BCUT2D eigenvalue weighted by atomic mass is 9.94. The van der Waals surface area contributed by atoms with Crippen molar-refractivity contribution in [3.05, 3.63) is 46.8 Å². The van der Waals surface area contributed by atoms with Crippen molar-refractivity contribution in [3.63, 3.8) is 0 Å². The number of hydrogen-bond acceptors (Lipinski definition) is 1. The largest absolute Gasteiger partial charge is 0.366 e. The van der Waals surface area contributed by atoms with E-state index in [-0.39, 0.29) is 0 Å². The zero-order chi connectivity index (χ0) is 11.7. The van der Waals surface area contributed by atoms with E-state index in [9.17, 15) is 0 Å². The molecule has 0 amide bonds. The van der Waals surface area contributed by atoms with Gasteiger partial charge in [-0.1, -0.05) is 17.7 Å². The standard InChI is InChI=1S/C14H14N2/c1-9-4-10(2)14(11(3)5-9)13-8-16-7-12(13)6-15/h4-5,7-8,16H,1-3H3. The zero-order valence-corrected chi connectivity index (χ0v) is 9.76. The van der Waals surface area contributed by atoms with Crippen LogP contribution in [0.2, 0.25) is 0 Å². The summed E-state index contributed by atoms with van der Waals surface area (Å²) in [6.07, 6.45) is 3.64. The molecule has 0 aliphatic rings. The number of aryl methyl sites for hydroxylation is 3. The van der Waals surface area contributed by atoms with E-state index in [1.54, 1.807) is 6.20 Å². The summed E-state index contributed by atoms with van der Waals surface area (Å²) < 4.78 is 0. The van der Waals surface area contributed by atoms with Gasteiger partial charge in [0.15, 0.2) is 0 Å². The number of aromatic amines is 1. The summed E-state index contributed by atoms with van der Waals surface area (Å²) in [5.74, 6) is 0. The molecule has 2 nitrogen and oxygen atoms in total. The van der Waals surface area contributed by atoms with E-state index in [1.807, 2.05) is 6.20 Å². The van der Waals surface area contributed by atoms with Crippen molar-refractivity contribution in [2.24, 2.45) is 0 Å². The summed E-state index contributed by atoms with van der Waals surface area (Å²) in [5, 5.41) is 9.04. The molecule has 1 N–H and O–H groups in total. The second-order valence-corrected chi connectivity index (χ2v) is 4.17. The van der Waals surface area contributed by atoms with Gasteiger partial charge in [-0.25, -0.2) is 0 Å². The van der Waals surface area contributed by atoms with E-state index in [0.717, 1.165) is 5.56 Å². The molecule has 2 aromatic rings. The highest BCUT2D eigenvalue weighted by atomic mass is 14.6. The third kappa shape index (κ3) is 1.61. The molecule has 2 rings (SSSR count). The fraction of sp³-hybridized carbons (Fsp3) is 0.214.